The second-order valence-corrected chi connectivity index (χ2v) is 5.24. The van der Waals surface area contributed by atoms with Crippen LogP contribution in [0.4, 0.5) is 0 Å². The molecule has 0 amide bonds. The van der Waals surface area contributed by atoms with Crippen LogP contribution < -0.4 is 0 Å². The molecule has 2 fully saturated rings. The summed E-state index contributed by atoms with van der Waals surface area (Å²) >= 11 is 3.64. The van der Waals surface area contributed by atoms with Crippen LogP contribution >= 0.6 is 15.9 Å². The molecule has 1 saturated carbocycles. The molecule has 1 aromatic rings. The van der Waals surface area contributed by atoms with E-state index < -0.39 is 0 Å². The third-order valence-corrected chi connectivity index (χ3v) is 4.33. The minimum Gasteiger partial charge on any atom is -0.375 e. The lowest BCUT2D eigenvalue weighted by molar-refractivity contribution is 0.00133. The largest absolute Gasteiger partial charge is 0.375 e. The first-order chi connectivity index (χ1) is 7.25. The molecule has 2 atom stereocenters. The van der Waals surface area contributed by atoms with Crippen molar-refractivity contribution in [3.63, 3.8) is 0 Å². The van der Waals surface area contributed by atoms with E-state index in [0.29, 0.717) is 6.10 Å². The summed E-state index contributed by atoms with van der Waals surface area (Å²) in [6, 6.07) is 8.48. The van der Waals surface area contributed by atoms with E-state index in [0.717, 1.165) is 19.6 Å². The van der Waals surface area contributed by atoms with Crippen LogP contribution in [0, 0.1) is 0 Å². The Morgan fingerprint density at radius 2 is 2.27 bits per heavy atom. The van der Waals surface area contributed by atoms with Gasteiger partial charge in [-0.25, -0.2) is 0 Å². The maximum atomic E-state index is 5.77. The van der Waals surface area contributed by atoms with E-state index in [9.17, 15) is 0 Å². The zero-order valence-electron chi connectivity index (χ0n) is 8.74. The first-order valence-corrected chi connectivity index (χ1v) is 6.12. The van der Waals surface area contributed by atoms with Crippen molar-refractivity contribution in [3.8, 4) is 0 Å². The molecule has 0 N–H and O–H groups in total. The highest BCUT2D eigenvalue weighted by Gasteiger charge is 2.61. The predicted molar refractivity (Wildman–Crippen MR) is 62.8 cm³/mol. The van der Waals surface area contributed by atoms with Crippen molar-refractivity contribution in [1.82, 2.24) is 4.90 Å². The van der Waals surface area contributed by atoms with Crippen LogP contribution in [0.5, 0.6) is 0 Å². The molecule has 2 nitrogen and oxygen atoms in total. The Labute approximate surface area is 98.4 Å². The van der Waals surface area contributed by atoms with Gasteiger partial charge in [0.25, 0.3) is 0 Å². The summed E-state index contributed by atoms with van der Waals surface area (Å²) < 4.78 is 6.97. The van der Waals surface area contributed by atoms with Gasteiger partial charge in [-0.05, 0) is 18.7 Å². The smallest absolute Gasteiger partial charge is 0.0824 e. The van der Waals surface area contributed by atoms with E-state index in [-0.39, 0.29) is 5.54 Å². The van der Waals surface area contributed by atoms with Gasteiger partial charge < -0.3 is 4.74 Å². The molecule has 0 bridgehead atoms. The zero-order valence-corrected chi connectivity index (χ0v) is 10.3. The molecule has 0 radical (unpaired) electrons. The molecule has 1 saturated heterocycles. The highest BCUT2D eigenvalue weighted by atomic mass is 79.9. The van der Waals surface area contributed by atoms with Gasteiger partial charge in [0, 0.05) is 17.4 Å². The zero-order chi connectivity index (χ0) is 10.5. The number of rotatable bonds is 1. The van der Waals surface area contributed by atoms with Crippen molar-refractivity contribution in [2.24, 2.45) is 0 Å². The van der Waals surface area contributed by atoms with Gasteiger partial charge in [-0.2, -0.15) is 0 Å². The fourth-order valence-electron chi connectivity index (χ4n) is 2.65. The van der Waals surface area contributed by atoms with Gasteiger partial charge >= 0.3 is 0 Å². The van der Waals surface area contributed by atoms with Crippen molar-refractivity contribution in [2.45, 2.75) is 18.1 Å². The van der Waals surface area contributed by atoms with Gasteiger partial charge in [0.2, 0.25) is 0 Å². The van der Waals surface area contributed by atoms with Crippen LogP contribution in [0.2, 0.25) is 0 Å². The minimum absolute atomic E-state index is 0.151. The van der Waals surface area contributed by atoms with Crippen molar-refractivity contribution < 1.29 is 4.74 Å². The molecule has 1 aromatic carbocycles. The summed E-state index contributed by atoms with van der Waals surface area (Å²) in [4.78, 5) is 2.43. The van der Waals surface area contributed by atoms with Crippen LogP contribution in [0.25, 0.3) is 0 Å². The molecule has 0 aromatic heterocycles. The molecule has 1 heterocycles. The molecular weight excluding hydrogens is 254 g/mol. The Hall–Kier alpha value is -0.380. The molecule has 0 spiro atoms. The lowest BCUT2D eigenvalue weighted by atomic mass is 10.0. The number of halogens is 1. The Balaban J connectivity index is 2.04. The molecule has 2 unspecified atom stereocenters. The number of hydrogen-bond acceptors (Lipinski definition) is 2. The average Bonchev–Trinajstić information content (AvgIpc) is 2.95. The fourth-order valence-corrected chi connectivity index (χ4v) is 3.28. The van der Waals surface area contributed by atoms with E-state index in [1.165, 1.54) is 10.0 Å². The van der Waals surface area contributed by atoms with Gasteiger partial charge in [-0.3, -0.25) is 4.90 Å². The average molecular weight is 268 g/mol. The molecular formula is C12H14BrNO. The van der Waals surface area contributed by atoms with Crippen molar-refractivity contribution in [1.29, 1.82) is 0 Å². The Kier molecular flexibility index (Phi) is 2.16. The van der Waals surface area contributed by atoms with Crippen LogP contribution in [-0.2, 0) is 10.3 Å². The number of likely N-dealkylation sites (N-methyl/N-ethyl adjacent to an activating group) is 1. The monoisotopic (exact) mass is 267 g/mol. The van der Waals surface area contributed by atoms with Gasteiger partial charge in [0.1, 0.15) is 0 Å². The van der Waals surface area contributed by atoms with E-state index in [2.05, 4.69) is 52.1 Å². The summed E-state index contributed by atoms with van der Waals surface area (Å²) in [5, 5.41) is 0. The quantitative estimate of drug-likeness (QED) is 0.775. The number of ether oxygens (including phenoxy) is 1. The molecule has 80 valence electrons. The lowest BCUT2D eigenvalue weighted by Gasteiger charge is -2.33. The summed E-state index contributed by atoms with van der Waals surface area (Å²) in [5.41, 5.74) is 1.52. The first kappa shape index (κ1) is 9.82. The van der Waals surface area contributed by atoms with Crippen LogP contribution in [-0.4, -0.2) is 31.2 Å². The standard InChI is InChI=1S/C12H14BrNO/c1-14-6-7-15-11-8-12(11,14)9-4-2-3-5-10(9)13/h2-5,11H,6-8H2,1H3. The number of hydrogen-bond donors (Lipinski definition) is 0. The SMILES string of the molecule is CN1CCOC2CC21c1ccccc1Br. The number of benzene rings is 1. The summed E-state index contributed by atoms with van der Waals surface area (Å²) in [6.45, 7) is 1.89. The van der Waals surface area contributed by atoms with Gasteiger partial charge in [0.05, 0.1) is 18.2 Å². The Bertz CT molecular complexity index is 395. The number of morpholine rings is 1. The normalized spacial score (nSPS) is 34.9. The Morgan fingerprint density at radius 1 is 1.47 bits per heavy atom. The predicted octanol–water partition coefficient (Wildman–Crippen LogP) is 2.38. The second-order valence-electron chi connectivity index (χ2n) is 4.39. The molecule has 1 aliphatic carbocycles. The van der Waals surface area contributed by atoms with Crippen molar-refractivity contribution >= 4 is 15.9 Å². The van der Waals surface area contributed by atoms with Crippen LogP contribution in [0.3, 0.4) is 0 Å². The first-order valence-electron chi connectivity index (χ1n) is 5.33. The maximum Gasteiger partial charge on any atom is 0.0824 e. The van der Waals surface area contributed by atoms with E-state index in [1.54, 1.807) is 0 Å². The molecule has 3 rings (SSSR count). The molecule has 2 aliphatic rings. The maximum absolute atomic E-state index is 5.77. The van der Waals surface area contributed by atoms with Crippen LogP contribution in [0.15, 0.2) is 28.7 Å². The molecule has 3 heteroatoms. The number of nitrogens with zero attached hydrogens (tertiary/aromatic N) is 1. The van der Waals surface area contributed by atoms with Crippen molar-refractivity contribution in [3.05, 3.63) is 34.3 Å². The second kappa shape index (κ2) is 3.30. The summed E-state index contributed by atoms with van der Waals surface area (Å²) in [7, 11) is 2.20. The van der Waals surface area contributed by atoms with E-state index in [1.807, 2.05) is 0 Å². The van der Waals surface area contributed by atoms with E-state index in [4.69, 9.17) is 4.74 Å². The van der Waals surface area contributed by atoms with Gasteiger partial charge in [-0.1, -0.05) is 34.1 Å². The van der Waals surface area contributed by atoms with Gasteiger partial charge in [-0.15, -0.1) is 0 Å². The highest BCUT2D eigenvalue weighted by molar-refractivity contribution is 9.10. The third kappa shape index (κ3) is 1.30. The topological polar surface area (TPSA) is 12.5 Å². The van der Waals surface area contributed by atoms with Crippen molar-refractivity contribution in [2.75, 3.05) is 20.2 Å². The van der Waals surface area contributed by atoms with Crippen LogP contribution in [0.1, 0.15) is 12.0 Å². The highest BCUT2D eigenvalue weighted by Crippen LogP contribution is 2.55. The Morgan fingerprint density at radius 3 is 3.00 bits per heavy atom. The molecule has 15 heavy (non-hydrogen) atoms. The lowest BCUT2D eigenvalue weighted by Crippen LogP contribution is -2.42. The summed E-state index contributed by atoms with van der Waals surface area (Å²) in [6.07, 6.45) is 1.53. The number of fused-ring (bicyclic) bond motifs is 1. The van der Waals surface area contributed by atoms with Gasteiger partial charge in [0.15, 0.2) is 0 Å². The van der Waals surface area contributed by atoms with E-state index >= 15 is 0 Å². The minimum atomic E-state index is 0.151. The fraction of sp³-hybridized carbons (Fsp3) is 0.500. The third-order valence-electron chi connectivity index (χ3n) is 3.64. The molecule has 1 aliphatic heterocycles. The summed E-state index contributed by atoms with van der Waals surface area (Å²) in [5.74, 6) is 0.